The van der Waals surface area contributed by atoms with E-state index < -0.39 is 17.7 Å². The van der Waals surface area contributed by atoms with Crippen molar-refractivity contribution in [1.29, 1.82) is 0 Å². The van der Waals surface area contributed by atoms with Gasteiger partial charge in [0.2, 0.25) is 6.79 Å². The van der Waals surface area contributed by atoms with Crippen LogP contribution in [0.25, 0.3) is 5.76 Å². The summed E-state index contributed by atoms with van der Waals surface area (Å²) in [5.74, 6) is -0.0932. The smallest absolute Gasteiger partial charge is 0.295 e. The maximum Gasteiger partial charge on any atom is 0.295 e. The van der Waals surface area contributed by atoms with Crippen molar-refractivity contribution < 1.29 is 33.6 Å². The Morgan fingerprint density at radius 3 is 2.69 bits per heavy atom. The number of carbonyl (C=O) groups is 2. The zero-order valence-electron chi connectivity index (χ0n) is 18.2. The highest BCUT2D eigenvalue weighted by Crippen LogP contribution is 2.41. The first-order valence-electron chi connectivity index (χ1n) is 10.3. The lowest BCUT2D eigenvalue weighted by Gasteiger charge is -2.25. The normalized spacial score (nSPS) is 19.1. The number of nitrogens with zero attached hydrogens (tertiary/aromatic N) is 1. The number of rotatable bonds is 7. The summed E-state index contributed by atoms with van der Waals surface area (Å²) in [6.07, 6.45) is -0.0428. The number of aliphatic hydroxyl groups excluding tert-OH is 1. The van der Waals surface area contributed by atoms with E-state index in [0.717, 1.165) is 0 Å². The van der Waals surface area contributed by atoms with Crippen molar-refractivity contribution >= 4 is 17.4 Å². The molecule has 0 radical (unpaired) electrons. The second-order valence-electron chi connectivity index (χ2n) is 7.79. The van der Waals surface area contributed by atoms with Gasteiger partial charge >= 0.3 is 0 Å². The van der Waals surface area contributed by atoms with Gasteiger partial charge in [-0.2, -0.15) is 0 Å². The highest BCUT2D eigenvalue weighted by atomic mass is 16.7. The fourth-order valence-corrected chi connectivity index (χ4v) is 3.88. The van der Waals surface area contributed by atoms with E-state index in [9.17, 15) is 14.7 Å². The van der Waals surface area contributed by atoms with Gasteiger partial charge in [0.05, 0.1) is 24.3 Å². The Balaban J connectivity index is 1.82. The van der Waals surface area contributed by atoms with Gasteiger partial charge in [0.25, 0.3) is 11.7 Å². The molecule has 1 N–H and O–H groups in total. The molecule has 8 heteroatoms. The van der Waals surface area contributed by atoms with Crippen molar-refractivity contribution in [2.24, 2.45) is 0 Å². The molecule has 1 unspecified atom stereocenters. The molecular weight excluding hydrogens is 414 g/mol. The SMILES string of the molecule is COCCN1C(=O)C(=O)/C(=C(\O)c2ccc3c(c2)OCO3)C1c1cccc(OC(C)C)c1. The minimum Gasteiger partial charge on any atom is -0.507 e. The Morgan fingerprint density at radius 2 is 1.94 bits per heavy atom. The van der Waals surface area contributed by atoms with E-state index in [1.54, 1.807) is 36.4 Å². The molecule has 32 heavy (non-hydrogen) atoms. The molecule has 2 aliphatic heterocycles. The monoisotopic (exact) mass is 439 g/mol. The van der Waals surface area contributed by atoms with E-state index in [4.69, 9.17) is 18.9 Å². The van der Waals surface area contributed by atoms with Gasteiger partial charge in [0.15, 0.2) is 11.5 Å². The summed E-state index contributed by atoms with van der Waals surface area (Å²) in [7, 11) is 1.52. The van der Waals surface area contributed by atoms with Gasteiger partial charge in [-0.25, -0.2) is 0 Å². The molecule has 8 nitrogen and oxygen atoms in total. The maximum atomic E-state index is 13.0. The van der Waals surface area contributed by atoms with Crippen molar-refractivity contribution in [3.05, 3.63) is 59.2 Å². The highest BCUT2D eigenvalue weighted by molar-refractivity contribution is 6.46. The second-order valence-corrected chi connectivity index (χ2v) is 7.79. The fraction of sp³-hybridized carbons (Fsp3) is 0.333. The van der Waals surface area contributed by atoms with Gasteiger partial charge in [0, 0.05) is 19.2 Å². The summed E-state index contributed by atoms with van der Waals surface area (Å²) < 4.78 is 21.6. The van der Waals surface area contributed by atoms with Gasteiger partial charge < -0.3 is 29.0 Å². The van der Waals surface area contributed by atoms with Crippen LogP contribution < -0.4 is 14.2 Å². The standard InChI is InChI=1S/C24H25NO7/c1-14(2)32-17-6-4-5-15(11-17)21-20(23(27)24(28)25(21)9-10-29-3)22(26)16-7-8-18-19(12-16)31-13-30-18/h4-8,11-12,14,21,26H,9-10,13H2,1-3H3/b22-20-. The zero-order chi connectivity index (χ0) is 22.8. The van der Waals surface area contributed by atoms with Crippen LogP contribution in [0.15, 0.2) is 48.0 Å². The third kappa shape index (κ3) is 4.01. The van der Waals surface area contributed by atoms with Crippen LogP contribution in [0, 0.1) is 0 Å². The summed E-state index contributed by atoms with van der Waals surface area (Å²) >= 11 is 0. The average Bonchev–Trinajstić information content (AvgIpc) is 3.34. The Kier molecular flexibility index (Phi) is 6.05. The minimum atomic E-state index is -0.786. The van der Waals surface area contributed by atoms with Crippen LogP contribution in [0.4, 0.5) is 0 Å². The predicted molar refractivity (Wildman–Crippen MR) is 116 cm³/mol. The molecule has 4 rings (SSSR count). The number of hydrogen-bond acceptors (Lipinski definition) is 7. The molecule has 1 saturated heterocycles. The number of Topliss-reactive ketones (excluding diaryl/α,β-unsaturated/α-hetero) is 1. The molecule has 0 aliphatic carbocycles. The number of amides is 1. The predicted octanol–water partition coefficient (Wildman–Crippen LogP) is 3.27. The van der Waals surface area contributed by atoms with E-state index in [2.05, 4.69) is 0 Å². The molecule has 0 saturated carbocycles. The highest BCUT2D eigenvalue weighted by Gasteiger charge is 2.46. The van der Waals surface area contributed by atoms with Crippen LogP contribution in [0.1, 0.15) is 31.0 Å². The molecule has 1 amide bonds. The average molecular weight is 439 g/mol. The van der Waals surface area contributed by atoms with E-state index in [-0.39, 0.29) is 37.4 Å². The van der Waals surface area contributed by atoms with Crippen molar-refractivity contribution in [3.8, 4) is 17.2 Å². The minimum absolute atomic E-state index is 0.00617. The lowest BCUT2D eigenvalue weighted by atomic mass is 9.95. The summed E-state index contributed by atoms with van der Waals surface area (Å²) in [4.78, 5) is 27.3. The summed E-state index contributed by atoms with van der Waals surface area (Å²) in [6, 6.07) is 11.3. The fourth-order valence-electron chi connectivity index (χ4n) is 3.88. The van der Waals surface area contributed by atoms with E-state index in [1.807, 2.05) is 19.9 Å². The number of benzene rings is 2. The Hall–Kier alpha value is -3.52. The molecule has 2 heterocycles. The van der Waals surface area contributed by atoms with Crippen molar-refractivity contribution in [2.45, 2.75) is 26.0 Å². The maximum absolute atomic E-state index is 13.0. The van der Waals surface area contributed by atoms with Crippen molar-refractivity contribution in [1.82, 2.24) is 4.90 Å². The Labute approximate surface area is 185 Å². The van der Waals surface area contributed by atoms with Crippen LogP contribution in [-0.4, -0.2) is 54.9 Å². The summed E-state index contributed by atoms with van der Waals surface area (Å²) in [5, 5.41) is 11.2. The Bertz CT molecular complexity index is 1080. The molecule has 0 bridgehead atoms. The van der Waals surface area contributed by atoms with E-state index in [0.29, 0.717) is 28.4 Å². The first-order chi connectivity index (χ1) is 15.4. The molecular formula is C24H25NO7. The third-order valence-electron chi connectivity index (χ3n) is 5.27. The molecule has 0 aromatic heterocycles. The number of methoxy groups -OCH3 is 1. The molecule has 2 aliphatic rings. The number of aliphatic hydroxyl groups is 1. The van der Waals surface area contributed by atoms with Crippen LogP contribution in [0.5, 0.6) is 17.2 Å². The van der Waals surface area contributed by atoms with Gasteiger partial charge in [-0.05, 0) is 49.7 Å². The lowest BCUT2D eigenvalue weighted by Crippen LogP contribution is -2.32. The number of likely N-dealkylation sites (tertiary alicyclic amines) is 1. The summed E-state index contributed by atoms with van der Waals surface area (Å²) in [5.41, 5.74) is 1.02. The Morgan fingerprint density at radius 1 is 1.16 bits per heavy atom. The third-order valence-corrected chi connectivity index (χ3v) is 5.27. The van der Waals surface area contributed by atoms with Gasteiger partial charge in [-0.1, -0.05) is 12.1 Å². The van der Waals surface area contributed by atoms with Crippen molar-refractivity contribution in [2.75, 3.05) is 27.1 Å². The van der Waals surface area contributed by atoms with Gasteiger partial charge in [-0.3, -0.25) is 9.59 Å². The number of ketones is 1. The molecule has 2 aromatic carbocycles. The summed E-state index contributed by atoms with van der Waals surface area (Å²) in [6.45, 7) is 4.35. The quantitative estimate of drug-likeness (QED) is 0.402. The van der Waals surface area contributed by atoms with Gasteiger partial charge in [0.1, 0.15) is 11.5 Å². The molecule has 2 aromatic rings. The van der Waals surface area contributed by atoms with Crippen molar-refractivity contribution in [3.63, 3.8) is 0 Å². The number of fused-ring (bicyclic) bond motifs is 1. The largest absolute Gasteiger partial charge is 0.507 e. The number of hydrogen-bond donors (Lipinski definition) is 1. The zero-order valence-corrected chi connectivity index (χ0v) is 18.2. The van der Waals surface area contributed by atoms with Crippen LogP contribution in [-0.2, 0) is 14.3 Å². The molecule has 1 atom stereocenters. The topological polar surface area (TPSA) is 94.5 Å². The second kappa shape index (κ2) is 8.92. The van der Waals surface area contributed by atoms with E-state index in [1.165, 1.54) is 12.0 Å². The number of carbonyl (C=O) groups excluding carboxylic acids is 2. The first-order valence-corrected chi connectivity index (χ1v) is 10.3. The molecule has 168 valence electrons. The van der Waals surface area contributed by atoms with Gasteiger partial charge in [-0.15, -0.1) is 0 Å². The first kappa shape index (κ1) is 21.7. The lowest BCUT2D eigenvalue weighted by molar-refractivity contribution is -0.140. The molecule has 0 spiro atoms. The van der Waals surface area contributed by atoms with Crippen LogP contribution in [0.2, 0.25) is 0 Å². The van der Waals surface area contributed by atoms with Crippen LogP contribution >= 0.6 is 0 Å². The number of ether oxygens (including phenoxy) is 4. The molecule has 1 fully saturated rings. The van der Waals surface area contributed by atoms with E-state index >= 15 is 0 Å². The van der Waals surface area contributed by atoms with Crippen LogP contribution in [0.3, 0.4) is 0 Å².